The van der Waals surface area contributed by atoms with Gasteiger partial charge in [0.05, 0.1) is 37.7 Å². The number of amides is 1. The summed E-state index contributed by atoms with van der Waals surface area (Å²) in [6, 6.07) is 0. The highest BCUT2D eigenvalue weighted by Gasteiger charge is 2.49. The van der Waals surface area contributed by atoms with E-state index >= 15 is 0 Å². The molecule has 1 saturated carbocycles. The molecular formula is C21H34N4O5S. The summed E-state index contributed by atoms with van der Waals surface area (Å²) in [6.07, 6.45) is 5.13. The summed E-state index contributed by atoms with van der Waals surface area (Å²) in [5.74, 6) is -0.994. The molecule has 2 saturated heterocycles. The van der Waals surface area contributed by atoms with E-state index in [-0.39, 0.29) is 42.5 Å². The van der Waals surface area contributed by atoms with Crippen LogP contribution in [0, 0.1) is 19.3 Å². The van der Waals surface area contributed by atoms with Crippen LogP contribution in [0.3, 0.4) is 0 Å². The molecule has 0 bridgehead atoms. The predicted octanol–water partition coefficient (Wildman–Crippen LogP) is 1.58. The molecule has 4 rings (SSSR count). The van der Waals surface area contributed by atoms with Gasteiger partial charge in [0.25, 0.3) is 0 Å². The number of sulfonamides is 1. The zero-order valence-corrected chi connectivity index (χ0v) is 19.8. The molecule has 1 unspecified atom stereocenters. The molecule has 1 aromatic heterocycles. The molecule has 2 aliphatic heterocycles. The van der Waals surface area contributed by atoms with Crippen molar-refractivity contribution in [3.05, 3.63) is 11.4 Å². The van der Waals surface area contributed by atoms with Crippen LogP contribution in [-0.2, 0) is 31.3 Å². The first-order valence-corrected chi connectivity index (χ1v) is 12.6. The first-order valence-electron chi connectivity index (χ1n) is 11.2. The van der Waals surface area contributed by atoms with E-state index in [0.29, 0.717) is 24.5 Å². The molecule has 3 heterocycles. The number of aromatic nitrogens is 2. The minimum atomic E-state index is -3.76. The van der Waals surface area contributed by atoms with Crippen LogP contribution < -0.4 is 0 Å². The summed E-state index contributed by atoms with van der Waals surface area (Å²) >= 11 is 0. The fraction of sp³-hybridized carbons (Fsp3) is 0.810. The summed E-state index contributed by atoms with van der Waals surface area (Å²) in [7, 11) is -2.02. The molecule has 0 aromatic carbocycles. The second-order valence-corrected chi connectivity index (χ2v) is 11.3. The van der Waals surface area contributed by atoms with Crippen molar-refractivity contribution in [2.75, 3.05) is 39.4 Å². The topological polar surface area (TPSA) is 94.0 Å². The zero-order chi connectivity index (χ0) is 22.4. The first kappa shape index (κ1) is 22.7. The van der Waals surface area contributed by atoms with Gasteiger partial charge in [-0.05, 0) is 26.7 Å². The van der Waals surface area contributed by atoms with Crippen LogP contribution in [-0.4, -0.2) is 78.5 Å². The van der Waals surface area contributed by atoms with E-state index < -0.39 is 15.8 Å². The Morgan fingerprint density at radius 3 is 2.29 bits per heavy atom. The summed E-state index contributed by atoms with van der Waals surface area (Å²) in [5, 5.41) is 4.27. The van der Waals surface area contributed by atoms with Crippen LogP contribution in [0.2, 0.25) is 0 Å². The van der Waals surface area contributed by atoms with E-state index in [4.69, 9.17) is 9.47 Å². The van der Waals surface area contributed by atoms with Gasteiger partial charge in [0.1, 0.15) is 4.90 Å². The number of hydrogen-bond acceptors (Lipinski definition) is 6. The number of aryl methyl sites for hydroxylation is 2. The fourth-order valence-electron chi connectivity index (χ4n) is 5.23. The monoisotopic (exact) mass is 454 g/mol. The SMILES string of the molecule is Cc1nn(C)c(C)c1S(=O)(=O)N1CCOC2(CN(C(=O)C3(C)CCCCC3)CCO2)C1. The van der Waals surface area contributed by atoms with Crippen LogP contribution in [0.25, 0.3) is 0 Å². The average molecular weight is 455 g/mol. The molecule has 31 heavy (non-hydrogen) atoms. The van der Waals surface area contributed by atoms with Crippen LogP contribution in [0.15, 0.2) is 4.90 Å². The van der Waals surface area contributed by atoms with E-state index in [2.05, 4.69) is 12.0 Å². The maximum Gasteiger partial charge on any atom is 0.247 e. The summed E-state index contributed by atoms with van der Waals surface area (Å²) < 4.78 is 41.9. The van der Waals surface area contributed by atoms with Gasteiger partial charge in [0.15, 0.2) is 5.79 Å². The molecule has 10 heteroatoms. The lowest BCUT2D eigenvalue weighted by Gasteiger charge is -2.48. The van der Waals surface area contributed by atoms with Gasteiger partial charge >= 0.3 is 0 Å². The number of ether oxygens (including phenoxy) is 2. The number of rotatable bonds is 3. The number of carbonyl (C=O) groups excluding carboxylic acids is 1. The summed E-state index contributed by atoms with van der Waals surface area (Å²) in [4.78, 5) is 15.4. The Morgan fingerprint density at radius 1 is 1.03 bits per heavy atom. The van der Waals surface area contributed by atoms with Crippen molar-refractivity contribution in [1.29, 1.82) is 0 Å². The highest BCUT2D eigenvalue weighted by molar-refractivity contribution is 7.89. The summed E-state index contributed by atoms with van der Waals surface area (Å²) in [6.45, 7) is 7.13. The van der Waals surface area contributed by atoms with Gasteiger partial charge in [0.2, 0.25) is 15.9 Å². The molecule has 0 N–H and O–H groups in total. The molecule has 9 nitrogen and oxygen atoms in total. The molecule has 1 aromatic rings. The van der Waals surface area contributed by atoms with Crippen molar-refractivity contribution < 1.29 is 22.7 Å². The van der Waals surface area contributed by atoms with Crippen LogP contribution in [0.5, 0.6) is 0 Å². The second kappa shape index (κ2) is 8.13. The molecule has 3 aliphatic rings. The van der Waals surface area contributed by atoms with E-state index in [1.165, 1.54) is 10.7 Å². The number of morpholine rings is 2. The largest absolute Gasteiger partial charge is 0.346 e. The lowest BCUT2D eigenvalue weighted by Crippen LogP contribution is -2.64. The smallest absolute Gasteiger partial charge is 0.247 e. The van der Waals surface area contributed by atoms with Crippen LogP contribution >= 0.6 is 0 Å². The van der Waals surface area contributed by atoms with Gasteiger partial charge in [-0.15, -0.1) is 0 Å². The normalized spacial score (nSPS) is 27.5. The first-order chi connectivity index (χ1) is 14.6. The van der Waals surface area contributed by atoms with Crippen molar-refractivity contribution >= 4 is 15.9 Å². The Hall–Kier alpha value is -1.49. The van der Waals surface area contributed by atoms with Gasteiger partial charge in [-0.25, -0.2) is 8.42 Å². The number of nitrogens with zero attached hydrogens (tertiary/aromatic N) is 4. The predicted molar refractivity (Wildman–Crippen MR) is 114 cm³/mol. The Labute approximate surface area is 184 Å². The van der Waals surface area contributed by atoms with E-state index in [9.17, 15) is 13.2 Å². The zero-order valence-electron chi connectivity index (χ0n) is 19.0. The fourth-order valence-corrected chi connectivity index (χ4v) is 7.09. The summed E-state index contributed by atoms with van der Waals surface area (Å²) in [5.41, 5.74) is 0.734. The maximum atomic E-state index is 13.5. The Balaban J connectivity index is 1.55. The minimum Gasteiger partial charge on any atom is -0.346 e. The molecule has 1 spiro atoms. The van der Waals surface area contributed by atoms with Crippen LogP contribution in [0.1, 0.15) is 50.4 Å². The molecule has 1 amide bonds. The molecular weight excluding hydrogens is 420 g/mol. The van der Waals surface area contributed by atoms with Gasteiger partial charge in [-0.1, -0.05) is 26.2 Å². The third-order valence-electron chi connectivity index (χ3n) is 7.08. The third kappa shape index (κ3) is 4.03. The van der Waals surface area contributed by atoms with Crippen molar-refractivity contribution in [2.45, 2.75) is 63.6 Å². The molecule has 1 aliphatic carbocycles. The van der Waals surface area contributed by atoms with Crippen molar-refractivity contribution in [1.82, 2.24) is 19.0 Å². The highest BCUT2D eigenvalue weighted by Crippen LogP contribution is 2.39. The van der Waals surface area contributed by atoms with Crippen molar-refractivity contribution in [2.24, 2.45) is 12.5 Å². The molecule has 1 atom stereocenters. The van der Waals surface area contributed by atoms with Gasteiger partial charge in [-0.2, -0.15) is 9.40 Å². The van der Waals surface area contributed by atoms with Gasteiger partial charge < -0.3 is 14.4 Å². The van der Waals surface area contributed by atoms with Gasteiger partial charge in [-0.3, -0.25) is 9.48 Å². The average Bonchev–Trinajstić information content (AvgIpc) is 3.00. The van der Waals surface area contributed by atoms with E-state index in [1.54, 1.807) is 25.6 Å². The van der Waals surface area contributed by atoms with Crippen molar-refractivity contribution in [3.63, 3.8) is 0 Å². The lowest BCUT2D eigenvalue weighted by atomic mass is 9.74. The van der Waals surface area contributed by atoms with Crippen molar-refractivity contribution in [3.8, 4) is 0 Å². The van der Waals surface area contributed by atoms with Crippen LogP contribution in [0.4, 0.5) is 0 Å². The van der Waals surface area contributed by atoms with E-state index in [1.807, 2.05) is 4.90 Å². The van der Waals surface area contributed by atoms with E-state index in [0.717, 1.165) is 25.7 Å². The second-order valence-electron chi connectivity index (χ2n) is 9.42. The quantitative estimate of drug-likeness (QED) is 0.688. The maximum absolute atomic E-state index is 13.5. The lowest BCUT2D eigenvalue weighted by molar-refractivity contribution is -0.282. The Bertz CT molecular complexity index is 949. The molecule has 3 fully saturated rings. The highest BCUT2D eigenvalue weighted by atomic mass is 32.2. The minimum absolute atomic E-state index is 0.0591. The number of carbonyl (C=O) groups is 1. The Morgan fingerprint density at radius 2 is 1.68 bits per heavy atom. The Kier molecular flexibility index (Phi) is 5.95. The third-order valence-corrected chi connectivity index (χ3v) is 9.18. The standard InChI is InChI=1S/C21H34N4O5S/c1-16-18(17(2)23(4)22-16)31(27,28)25-11-13-30-21(15-25)14-24(10-12-29-21)19(26)20(3)8-6-5-7-9-20/h5-15H2,1-4H3. The molecule has 174 valence electrons. The molecule has 0 radical (unpaired) electrons. The number of hydrogen-bond donors (Lipinski definition) is 0. The van der Waals surface area contributed by atoms with Gasteiger partial charge in [0, 0.05) is 25.6 Å².